The number of pyridine rings is 1. The minimum absolute atomic E-state index is 0.0295. The van der Waals surface area contributed by atoms with Gasteiger partial charge in [0.25, 0.3) is 0 Å². The van der Waals surface area contributed by atoms with E-state index < -0.39 is 0 Å². The molecule has 1 aliphatic heterocycles. The van der Waals surface area contributed by atoms with Gasteiger partial charge in [-0.2, -0.15) is 5.84 Å². The number of aromatic nitrogens is 1. The van der Waals surface area contributed by atoms with Crippen molar-refractivity contribution in [3.8, 4) is 0 Å². The highest BCUT2D eigenvalue weighted by molar-refractivity contribution is 8.05. The van der Waals surface area contributed by atoms with Gasteiger partial charge >= 0.3 is 5.91 Å². The quantitative estimate of drug-likeness (QED) is 0.194. The molecule has 4 rings (SSSR count). The van der Waals surface area contributed by atoms with E-state index in [1.165, 1.54) is 23.7 Å². The number of quaternary nitrogens is 1. The molecule has 0 bridgehead atoms. The second-order valence-corrected chi connectivity index (χ2v) is 9.79. The molecule has 7 heteroatoms. The topological polar surface area (TPSA) is 76.2 Å². The van der Waals surface area contributed by atoms with Crippen LogP contribution in [0.1, 0.15) is 23.3 Å². The Bertz CT molecular complexity index is 1090. The molecule has 1 saturated heterocycles. The van der Waals surface area contributed by atoms with Crippen LogP contribution in [0.2, 0.25) is 0 Å². The Morgan fingerprint density at radius 1 is 1.23 bits per heavy atom. The summed E-state index contributed by atoms with van der Waals surface area (Å²) < 4.78 is -0.241. The van der Waals surface area contributed by atoms with Crippen molar-refractivity contribution < 1.29 is 13.9 Å². The van der Waals surface area contributed by atoms with Crippen LogP contribution in [0.3, 0.4) is 0 Å². The molecule has 0 aliphatic carbocycles. The molecular weight excluding hydrogens is 414 g/mol. The number of rotatable bonds is 6. The fourth-order valence-corrected chi connectivity index (χ4v) is 6.01. The summed E-state index contributed by atoms with van der Waals surface area (Å²) in [5, 5.41) is 10.7. The second kappa shape index (κ2) is 8.91. The van der Waals surface area contributed by atoms with E-state index in [4.69, 9.17) is 5.84 Å². The number of fused-ring (bicyclic) bond motifs is 1. The highest BCUT2D eigenvalue weighted by Gasteiger charge is 2.48. The number of aliphatic hydroxyl groups excluding tert-OH is 1. The molecule has 3 N–H and O–H groups in total. The summed E-state index contributed by atoms with van der Waals surface area (Å²) in [6.45, 7) is 2.01. The van der Waals surface area contributed by atoms with Crippen molar-refractivity contribution in [2.24, 2.45) is 11.8 Å². The third-order valence-corrected chi connectivity index (χ3v) is 8.06. The summed E-state index contributed by atoms with van der Waals surface area (Å²) in [6.07, 6.45) is 3.67. The number of hydrogen-bond donors (Lipinski definition) is 2. The molecule has 30 heavy (non-hydrogen) atoms. The summed E-state index contributed by atoms with van der Waals surface area (Å²) in [5.74, 6) is 6.87. The van der Waals surface area contributed by atoms with Crippen LogP contribution in [0.5, 0.6) is 0 Å². The lowest BCUT2D eigenvalue weighted by Crippen LogP contribution is -2.50. The van der Waals surface area contributed by atoms with Crippen molar-refractivity contribution in [1.29, 1.82) is 0 Å². The highest BCUT2D eigenvalue weighted by Crippen LogP contribution is 2.46. The van der Waals surface area contributed by atoms with Crippen molar-refractivity contribution in [3.05, 3.63) is 82.9 Å². The normalized spacial score (nSPS) is 22.5. The zero-order valence-corrected chi connectivity index (χ0v) is 18.3. The van der Waals surface area contributed by atoms with Crippen molar-refractivity contribution >= 4 is 46.6 Å². The smallest absolute Gasteiger partial charge is 0.383 e. The van der Waals surface area contributed by atoms with Crippen LogP contribution in [0.4, 0.5) is 0 Å². The Morgan fingerprint density at radius 2 is 2.03 bits per heavy atom. The Kier molecular flexibility index (Phi) is 6.26. The van der Waals surface area contributed by atoms with Crippen LogP contribution in [0, 0.1) is 5.92 Å². The molecule has 2 heterocycles. The molecule has 0 spiro atoms. The molecule has 5 nitrogen and oxygen atoms in total. The first-order chi connectivity index (χ1) is 14.5. The molecule has 1 aromatic heterocycles. The number of nitrogens with zero attached hydrogens (tertiary/aromatic N) is 2. The third kappa shape index (κ3) is 4.31. The van der Waals surface area contributed by atoms with E-state index >= 15 is 0 Å². The van der Waals surface area contributed by atoms with Crippen LogP contribution in [-0.2, 0) is 4.79 Å². The minimum atomic E-state index is -0.241. The molecule has 3 aromatic rings. The first-order valence-corrected chi connectivity index (χ1v) is 11.6. The van der Waals surface area contributed by atoms with Crippen LogP contribution >= 0.6 is 23.7 Å². The van der Waals surface area contributed by atoms with E-state index in [2.05, 4.69) is 4.98 Å². The standard InChI is InChI=1S/C23H24N3O2S2/c1-16(14-27)22(18-6-3-2-4-7-18)30-26(24)15-29-21(23(26)28)13-17-9-10-20-19(12-17)8-5-11-25-20/h2-13,16,22,27H,14-15,24H2,1H3/q+1. The summed E-state index contributed by atoms with van der Waals surface area (Å²) in [5.41, 5.74) is 2.94. The monoisotopic (exact) mass is 438 g/mol. The van der Waals surface area contributed by atoms with Gasteiger partial charge in [0.2, 0.25) is 0 Å². The van der Waals surface area contributed by atoms with Crippen molar-refractivity contribution in [2.75, 3.05) is 12.5 Å². The number of carbonyl (C=O) groups is 1. The fourth-order valence-electron chi connectivity index (χ4n) is 3.42. The second-order valence-electron chi connectivity index (χ2n) is 7.43. The molecule has 3 atom stereocenters. The average Bonchev–Trinajstić information content (AvgIpc) is 3.06. The molecule has 0 saturated carbocycles. The molecular formula is C23H24N3O2S2+. The van der Waals surface area contributed by atoms with E-state index in [0.29, 0.717) is 10.8 Å². The number of thioether (sulfide) groups is 1. The molecule has 1 fully saturated rings. The van der Waals surface area contributed by atoms with Gasteiger partial charge in [-0.15, -0.1) is 4.00 Å². The Labute approximate surface area is 184 Å². The van der Waals surface area contributed by atoms with E-state index in [1.807, 2.05) is 73.7 Å². The summed E-state index contributed by atoms with van der Waals surface area (Å²) in [7, 11) is 0. The zero-order valence-electron chi connectivity index (χ0n) is 16.6. The van der Waals surface area contributed by atoms with E-state index in [0.717, 1.165) is 22.0 Å². The van der Waals surface area contributed by atoms with Crippen LogP contribution < -0.4 is 5.84 Å². The van der Waals surface area contributed by atoms with Gasteiger partial charge in [-0.25, -0.2) is 4.79 Å². The maximum Gasteiger partial charge on any atom is 0.383 e. The Hall–Kier alpha value is -2.16. The number of carbonyl (C=O) groups excluding carboxylic acids is 1. The van der Waals surface area contributed by atoms with Crippen molar-refractivity contribution in [2.45, 2.75) is 12.2 Å². The molecule has 3 unspecified atom stereocenters. The minimum Gasteiger partial charge on any atom is -0.396 e. The van der Waals surface area contributed by atoms with Gasteiger partial charge in [0, 0.05) is 24.1 Å². The van der Waals surface area contributed by atoms with Gasteiger partial charge in [-0.3, -0.25) is 4.98 Å². The van der Waals surface area contributed by atoms with Gasteiger partial charge in [0.15, 0.2) is 5.88 Å². The lowest BCUT2D eigenvalue weighted by Gasteiger charge is -2.28. The van der Waals surface area contributed by atoms with Crippen LogP contribution in [0.15, 0.2) is 71.8 Å². The fraction of sp³-hybridized carbons (Fsp3) is 0.217. The van der Waals surface area contributed by atoms with Crippen LogP contribution in [-0.4, -0.2) is 32.5 Å². The third-order valence-electron chi connectivity index (χ3n) is 5.13. The number of aliphatic hydroxyl groups is 1. The largest absolute Gasteiger partial charge is 0.396 e. The molecule has 1 amide bonds. The molecule has 2 aromatic carbocycles. The maximum absolute atomic E-state index is 13.2. The van der Waals surface area contributed by atoms with Gasteiger partial charge in [0.1, 0.15) is 16.9 Å². The number of benzene rings is 2. The predicted octanol–water partition coefficient (Wildman–Crippen LogP) is 4.52. The molecule has 0 radical (unpaired) electrons. The van der Waals surface area contributed by atoms with Gasteiger partial charge < -0.3 is 5.11 Å². The average molecular weight is 439 g/mol. The molecule has 154 valence electrons. The van der Waals surface area contributed by atoms with E-state index in [-0.39, 0.29) is 27.7 Å². The zero-order chi connectivity index (χ0) is 21.1. The molecule has 1 aliphatic rings. The van der Waals surface area contributed by atoms with E-state index in [1.54, 1.807) is 6.20 Å². The highest BCUT2D eigenvalue weighted by atomic mass is 32.2. The first-order valence-electron chi connectivity index (χ1n) is 9.75. The SMILES string of the molecule is CC(CO)C(S[N+]1(N)CSC(=Cc2ccc3ncccc3c2)C1=O)c1ccccc1. The summed E-state index contributed by atoms with van der Waals surface area (Å²) in [6, 6.07) is 19.8. The van der Waals surface area contributed by atoms with Gasteiger partial charge in [-0.1, -0.05) is 61.2 Å². The number of amides is 1. The lowest BCUT2D eigenvalue weighted by molar-refractivity contribution is -0.708. The lowest BCUT2D eigenvalue weighted by atomic mass is 10.0. The van der Waals surface area contributed by atoms with Crippen LogP contribution in [0.25, 0.3) is 17.0 Å². The van der Waals surface area contributed by atoms with E-state index in [9.17, 15) is 9.90 Å². The maximum atomic E-state index is 13.2. The Morgan fingerprint density at radius 3 is 2.80 bits per heavy atom. The summed E-state index contributed by atoms with van der Waals surface area (Å²) >= 11 is 2.87. The Balaban J connectivity index is 1.59. The number of nitrogens with two attached hydrogens (primary N) is 1. The van der Waals surface area contributed by atoms with Crippen molar-refractivity contribution in [3.63, 3.8) is 0 Å². The van der Waals surface area contributed by atoms with Crippen molar-refractivity contribution in [1.82, 2.24) is 4.98 Å². The van der Waals surface area contributed by atoms with Gasteiger partial charge in [0.05, 0.1) is 10.8 Å². The van der Waals surface area contributed by atoms with Gasteiger partial charge in [-0.05, 0) is 35.4 Å². The summed E-state index contributed by atoms with van der Waals surface area (Å²) in [4.78, 5) is 18.2. The number of hydrogen-bond acceptors (Lipinski definition) is 6. The first kappa shape index (κ1) is 21.1. The predicted molar refractivity (Wildman–Crippen MR) is 125 cm³/mol.